The SMILES string of the molecule is CC(C)(C)c1ccc(-c2[c-]cc3c(c2)C(C)(C)c2ccccc2-3)[c-]n1.[Ir+3].[c-]1cc2c(ccc3ccccc32)cc1-c1ccccn1. The number of hydrogen-bond acceptors (Lipinski definition) is 2. The predicted octanol–water partition coefficient (Wildman–Crippen LogP) is 10.8. The molecule has 0 N–H and O–H groups in total. The van der Waals surface area contributed by atoms with Gasteiger partial charge in [0.25, 0.3) is 0 Å². The van der Waals surface area contributed by atoms with Crippen LogP contribution < -0.4 is 0 Å². The molecular weight excluding hydrogens is 737 g/mol. The van der Waals surface area contributed by atoms with Crippen molar-refractivity contribution in [2.75, 3.05) is 0 Å². The summed E-state index contributed by atoms with van der Waals surface area (Å²) in [5.41, 5.74) is 10.5. The minimum absolute atomic E-state index is 0. The maximum atomic E-state index is 4.55. The van der Waals surface area contributed by atoms with Gasteiger partial charge in [0.05, 0.1) is 0 Å². The molecule has 0 radical (unpaired) electrons. The normalized spacial score (nSPS) is 12.9. The van der Waals surface area contributed by atoms with E-state index >= 15 is 0 Å². The Labute approximate surface area is 285 Å². The van der Waals surface area contributed by atoms with Crippen LogP contribution in [0, 0.1) is 18.3 Å². The van der Waals surface area contributed by atoms with Gasteiger partial charge in [0.2, 0.25) is 0 Å². The van der Waals surface area contributed by atoms with Crippen molar-refractivity contribution in [2.24, 2.45) is 0 Å². The third kappa shape index (κ3) is 5.82. The molecule has 0 saturated heterocycles. The molecule has 0 aliphatic heterocycles. The van der Waals surface area contributed by atoms with E-state index in [1.807, 2.05) is 24.4 Å². The van der Waals surface area contributed by atoms with Gasteiger partial charge in [-0.1, -0.05) is 136 Å². The van der Waals surface area contributed by atoms with Crippen LogP contribution in [0.5, 0.6) is 0 Å². The quantitative estimate of drug-likeness (QED) is 0.129. The summed E-state index contributed by atoms with van der Waals surface area (Å²) in [5.74, 6) is 0. The number of fused-ring (bicyclic) bond motifs is 6. The Bertz CT molecular complexity index is 2160. The zero-order chi connectivity index (χ0) is 31.2. The van der Waals surface area contributed by atoms with Gasteiger partial charge in [-0.15, -0.1) is 46.8 Å². The van der Waals surface area contributed by atoms with Crippen molar-refractivity contribution in [2.45, 2.75) is 45.4 Å². The van der Waals surface area contributed by atoms with Crippen molar-refractivity contribution in [1.82, 2.24) is 9.97 Å². The Morgan fingerprint density at radius 3 is 2.11 bits per heavy atom. The zero-order valence-corrected chi connectivity index (χ0v) is 29.2. The van der Waals surface area contributed by atoms with E-state index in [1.165, 1.54) is 43.8 Å². The fourth-order valence-corrected chi connectivity index (χ4v) is 6.34. The molecular formula is C43H35IrN2. The summed E-state index contributed by atoms with van der Waals surface area (Å²) >= 11 is 0. The standard InChI is InChI=1S/C24H23N.C19H12N.Ir/c1-23(2,3)22-13-11-17(15-25-22)16-10-12-19-18-8-6-7-9-20(18)24(4,5)21(19)14-16;1-2-6-17-14(5-1)8-9-15-13-16(10-11-18(15)17)19-7-3-4-12-20-19;/h6-9,11-14H,1-5H3;1-9,11-13H;/q-2;-1;+3. The topological polar surface area (TPSA) is 25.8 Å². The van der Waals surface area contributed by atoms with Crippen molar-refractivity contribution in [3.8, 4) is 33.5 Å². The molecule has 3 heteroatoms. The van der Waals surface area contributed by atoms with Gasteiger partial charge >= 0.3 is 20.1 Å². The number of aromatic nitrogens is 2. The molecule has 5 aromatic carbocycles. The van der Waals surface area contributed by atoms with E-state index in [1.54, 1.807) is 0 Å². The summed E-state index contributed by atoms with van der Waals surface area (Å²) in [7, 11) is 0. The first-order valence-corrected chi connectivity index (χ1v) is 15.5. The second-order valence-corrected chi connectivity index (χ2v) is 13.3. The first kappa shape index (κ1) is 31.5. The van der Waals surface area contributed by atoms with Gasteiger partial charge in [0, 0.05) is 6.20 Å². The molecule has 1 aliphatic rings. The summed E-state index contributed by atoms with van der Waals surface area (Å²) in [5, 5.41) is 5.00. The third-order valence-corrected chi connectivity index (χ3v) is 8.90. The fraction of sp³-hybridized carbons (Fsp3) is 0.163. The maximum Gasteiger partial charge on any atom is 3.00 e. The minimum Gasteiger partial charge on any atom is -0.367 e. The molecule has 0 unspecified atom stereocenters. The number of rotatable bonds is 2. The van der Waals surface area contributed by atoms with E-state index < -0.39 is 0 Å². The summed E-state index contributed by atoms with van der Waals surface area (Å²) < 4.78 is 0. The second-order valence-electron chi connectivity index (χ2n) is 13.3. The van der Waals surface area contributed by atoms with Crippen LogP contribution in [0.3, 0.4) is 0 Å². The maximum absolute atomic E-state index is 4.55. The van der Waals surface area contributed by atoms with Crippen LogP contribution in [0.1, 0.15) is 51.4 Å². The molecule has 46 heavy (non-hydrogen) atoms. The Hall–Kier alpha value is -4.43. The first-order valence-electron chi connectivity index (χ1n) is 15.5. The number of benzene rings is 5. The van der Waals surface area contributed by atoms with Crippen LogP contribution in [0.15, 0.2) is 121 Å². The van der Waals surface area contributed by atoms with Crippen molar-refractivity contribution >= 4 is 21.5 Å². The van der Waals surface area contributed by atoms with E-state index in [-0.39, 0.29) is 30.9 Å². The zero-order valence-electron chi connectivity index (χ0n) is 26.8. The third-order valence-electron chi connectivity index (χ3n) is 8.90. The molecule has 0 fully saturated rings. The Balaban J connectivity index is 0.000000162. The van der Waals surface area contributed by atoms with Gasteiger partial charge < -0.3 is 9.97 Å². The Kier molecular flexibility index (Phi) is 8.50. The van der Waals surface area contributed by atoms with E-state index in [4.69, 9.17) is 0 Å². The molecule has 2 aromatic heterocycles. The van der Waals surface area contributed by atoms with Crippen LogP contribution in [0.4, 0.5) is 0 Å². The molecule has 0 bridgehead atoms. The van der Waals surface area contributed by atoms with Crippen LogP contribution >= 0.6 is 0 Å². The average molecular weight is 772 g/mol. The van der Waals surface area contributed by atoms with E-state index in [0.29, 0.717) is 0 Å². The fourth-order valence-electron chi connectivity index (χ4n) is 6.34. The van der Waals surface area contributed by atoms with Crippen molar-refractivity contribution < 1.29 is 20.1 Å². The van der Waals surface area contributed by atoms with Gasteiger partial charge in [0.15, 0.2) is 0 Å². The second kappa shape index (κ2) is 12.4. The van der Waals surface area contributed by atoms with Crippen LogP contribution in [0.25, 0.3) is 55.1 Å². The average Bonchev–Trinajstić information content (AvgIpc) is 3.30. The first-order chi connectivity index (χ1) is 21.7. The molecule has 2 nitrogen and oxygen atoms in total. The number of nitrogens with zero attached hydrogens (tertiary/aromatic N) is 2. The van der Waals surface area contributed by atoms with Gasteiger partial charge in [0.1, 0.15) is 0 Å². The summed E-state index contributed by atoms with van der Waals surface area (Å²) in [6, 6.07) is 47.0. The summed E-state index contributed by atoms with van der Waals surface area (Å²) in [4.78, 5) is 8.94. The summed E-state index contributed by atoms with van der Waals surface area (Å²) in [6.45, 7) is 11.1. The number of pyridine rings is 2. The van der Waals surface area contributed by atoms with Crippen molar-refractivity contribution in [1.29, 1.82) is 0 Å². The van der Waals surface area contributed by atoms with Crippen molar-refractivity contribution in [3.05, 3.63) is 157 Å². The smallest absolute Gasteiger partial charge is 0.367 e. The molecule has 0 spiro atoms. The Morgan fingerprint density at radius 1 is 0.609 bits per heavy atom. The molecule has 1 aliphatic carbocycles. The molecule has 2 heterocycles. The van der Waals surface area contributed by atoms with Crippen molar-refractivity contribution in [3.63, 3.8) is 0 Å². The molecule has 7 aromatic rings. The van der Waals surface area contributed by atoms with Crippen LogP contribution in [0.2, 0.25) is 0 Å². The largest absolute Gasteiger partial charge is 3.00 e. The minimum atomic E-state index is 0. The van der Waals surface area contributed by atoms with Gasteiger partial charge in [-0.05, 0) is 39.2 Å². The van der Waals surface area contributed by atoms with E-state index in [0.717, 1.165) is 28.1 Å². The van der Waals surface area contributed by atoms with E-state index in [2.05, 4.69) is 160 Å². The summed E-state index contributed by atoms with van der Waals surface area (Å²) in [6.07, 6.45) is 5.03. The van der Waals surface area contributed by atoms with E-state index in [9.17, 15) is 0 Å². The Morgan fingerprint density at radius 2 is 1.35 bits per heavy atom. The predicted molar refractivity (Wildman–Crippen MR) is 187 cm³/mol. The van der Waals surface area contributed by atoms with Gasteiger partial charge in [-0.2, -0.15) is 18.2 Å². The number of hydrogen-bond donors (Lipinski definition) is 0. The van der Waals surface area contributed by atoms with Gasteiger partial charge in [-0.25, -0.2) is 11.1 Å². The molecule has 0 atom stereocenters. The van der Waals surface area contributed by atoms with Gasteiger partial charge in [-0.3, -0.25) is 0 Å². The molecule has 8 rings (SSSR count). The monoisotopic (exact) mass is 772 g/mol. The van der Waals surface area contributed by atoms with Crippen LogP contribution in [-0.2, 0) is 30.9 Å². The van der Waals surface area contributed by atoms with Crippen LogP contribution in [-0.4, -0.2) is 9.97 Å². The molecule has 0 amide bonds. The molecule has 226 valence electrons. The molecule has 0 saturated carbocycles.